The highest BCUT2D eigenvalue weighted by Crippen LogP contribution is 2.38. The molecule has 0 saturated carbocycles. The summed E-state index contributed by atoms with van der Waals surface area (Å²) in [6.07, 6.45) is 1.59. The number of rotatable bonds is 4. The Morgan fingerprint density at radius 3 is 2.78 bits per heavy atom. The SMILES string of the molecule is COC(=O)c1ccccc1SSc1nc(C)co1. The summed E-state index contributed by atoms with van der Waals surface area (Å²) in [5.74, 6) is -0.345. The number of aryl methyl sites for hydroxylation is 1. The van der Waals surface area contributed by atoms with Gasteiger partial charge in [0.1, 0.15) is 6.26 Å². The topological polar surface area (TPSA) is 52.3 Å². The number of hydrogen-bond acceptors (Lipinski definition) is 6. The third-order valence-electron chi connectivity index (χ3n) is 2.09. The second-order valence-corrected chi connectivity index (χ2v) is 5.53. The highest BCUT2D eigenvalue weighted by atomic mass is 33.1. The average Bonchev–Trinajstić information content (AvgIpc) is 2.81. The van der Waals surface area contributed by atoms with E-state index in [2.05, 4.69) is 4.98 Å². The van der Waals surface area contributed by atoms with Crippen molar-refractivity contribution < 1.29 is 13.9 Å². The van der Waals surface area contributed by atoms with Crippen molar-refractivity contribution in [2.24, 2.45) is 0 Å². The molecule has 4 nitrogen and oxygen atoms in total. The van der Waals surface area contributed by atoms with Gasteiger partial charge in [-0.1, -0.05) is 12.1 Å². The number of nitrogens with zero attached hydrogens (tertiary/aromatic N) is 1. The first kappa shape index (κ1) is 13.0. The lowest BCUT2D eigenvalue weighted by Crippen LogP contribution is -2.02. The lowest BCUT2D eigenvalue weighted by Gasteiger charge is -2.04. The van der Waals surface area contributed by atoms with Crippen LogP contribution in [0.3, 0.4) is 0 Å². The molecule has 0 atom stereocenters. The van der Waals surface area contributed by atoms with Gasteiger partial charge in [-0.15, -0.1) is 0 Å². The van der Waals surface area contributed by atoms with Crippen molar-refractivity contribution in [3.63, 3.8) is 0 Å². The van der Waals surface area contributed by atoms with E-state index in [0.29, 0.717) is 10.8 Å². The van der Waals surface area contributed by atoms with Gasteiger partial charge in [0.15, 0.2) is 0 Å². The van der Waals surface area contributed by atoms with Crippen molar-refractivity contribution in [3.05, 3.63) is 41.8 Å². The minimum Gasteiger partial charge on any atom is -0.465 e. The standard InChI is InChI=1S/C12H11NO3S2/c1-8-7-16-12(13-8)18-17-10-6-4-3-5-9(10)11(14)15-2/h3-7H,1-2H3. The zero-order valence-electron chi connectivity index (χ0n) is 9.88. The van der Waals surface area contributed by atoms with E-state index in [1.807, 2.05) is 19.1 Å². The van der Waals surface area contributed by atoms with Crippen molar-refractivity contribution in [1.82, 2.24) is 4.98 Å². The maximum atomic E-state index is 11.6. The number of ether oxygens (including phenoxy) is 1. The zero-order chi connectivity index (χ0) is 13.0. The molecule has 0 amide bonds. The van der Waals surface area contributed by atoms with Gasteiger partial charge in [-0.05, 0) is 29.9 Å². The number of methoxy groups -OCH3 is 1. The highest BCUT2D eigenvalue weighted by molar-refractivity contribution is 8.76. The van der Waals surface area contributed by atoms with Gasteiger partial charge in [-0.2, -0.15) is 0 Å². The molecular weight excluding hydrogens is 270 g/mol. The van der Waals surface area contributed by atoms with Crippen LogP contribution in [0.25, 0.3) is 0 Å². The van der Waals surface area contributed by atoms with Crippen LogP contribution in [-0.2, 0) is 4.74 Å². The minimum absolute atomic E-state index is 0.345. The van der Waals surface area contributed by atoms with Crippen molar-refractivity contribution in [3.8, 4) is 0 Å². The molecule has 2 aromatic rings. The van der Waals surface area contributed by atoms with Crippen LogP contribution in [0.15, 0.2) is 45.1 Å². The van der Waals surface area contributed by atoms with Crippen LogP contribution in [0.2, 0.25) is 0 Å². The Labute approximate surface area is 113 Å². The van der Waals surface area contributed by atoms with Crippen LogP contribution in [0.4, 0.5) is 0 Å². The van der Waals surface area contributed by atoms with E-state index >= 15 is 0 Å². The Balaban J connectivity index is 2.11. The van der Waals surface area contributed by atoms with E-state index in [4.69, 9.17) is 9.15 Å². The van der Waals surface area contributed by atoms with Crippen LogP contribution < -0.4 is 0 Å². The first-order chi connectivity index (χ1) is 8.70. The summed E-state index contributed by atoms with van der Waals surface area (Å²) in [6, 6.07) is 7.27. The molecular formula is C12H11NO3S2. The predicted molar refractivity (Wildman–Crippen MR) is 70.7 cm³/mol. The quantitative estimate of drug-likeness (QED) is 0.631. The molecule has 18 heavy (non-hydrogen) atoms. The Morgan fingerprint density at radius 1 is 1.33 bits per heavy atom. The Kier molecular flexibility index (Phi) is 4.33. The largest absolute Gasteiger partial charge is 0.465 e. The fourth-order valence-corrected chi connectivity index (χ4v) is 3.22. The number of aromatic nitrogens is 1. The summed E-state index contributed by atoms with van der Waals surface area (Å²) in [5, 5.41) is 0.567. The molecule has 0 radical (unpaired) electrons. The summed E-state index contributed by atoms with van der Waals surface area (Å²) in [4.78, 5) is 16.6. The number of oxazole rings is 1. The number of carbonyl (C=O) groups excluding carboxylic acids is 1. The number of esters is 1. The lowest BCUT2D eigenvalue weighted by molar-refractivity contribution is 0.0597. The van der Waals surface area contributed by atoms with Crippen LogP contribution in [0.1, 0.15) is 16.1 Å². The molecule has 2 rings (SSSR count). The molecule has 1 heterocycles. The highest BCUT2D eigenvalue weighted by Gasteiger charge is 2.13. The van der Waals surface area contributed by atoms with Crippen LogP contribution in [-0.4, -0.2) is 18.1 Å². The molecule has 0 unspecified atom stereocenters. The van der Waals surface area contributed by atoms with Crippen molar-refractivity contribution in [2.45, 2.75) is 17.0 Å². The molecule has 0 aliphatic heterocycles. The fourth-order valence-electron chi connectivity index (χ4n) is 1.27. The number of carbonyl (C=O) groups is 1. The third kappa shape index (κ3) is 3.08. The monoisotopic (exact) mass is 281 g/mol. The summed E-state index contributed by atoms with van der Waals surface area (Å²) in [7, 11) is 4.15. The maximum absolute atomic E-state index is 11.6. The minimum atomic E-state index is -0.345. The van der Waals surface area contributed by atoms with Gasteiger partial charge in [-0.3, -0.25) is 0 Å². The van der Waals surface area contributed by atoms with Crippen molar-refractivity contribution >= 4 is 27.6 Å². The van der Waals surface area contributed by atoms with Crippen molar-refractivity contribution in [1.29, 1.82) is 0 Å². The molecule has 1 aromatic carbocycles. The van der Waals surface area contributed by atoms with E-state index in [0.717, 1.165) is 10.6 Å². The van der Waals surface area contributed by atoms with Gasteiger partial charge in [0.05, 0.1) is 18.4 Å². The molecule has 0 spiro atoms. The Bertz CT molecular complexity index is 554. The molecule has 0 fully saturated rings. The normalized spacial score (nSPS) is 10.3. The molecule has 6 heteroatoms. The predicted octanol–water partition coefficient (Wildman–Crippen LogP) is 3.57. The average molecular weight is 281 g/mol. The smallest absolute Gasteiger partial charge is 0.339 e. The molecule has 0 bridgehead atoms. The fraction of sp³-hybridized carbons (Fsp3) is 0.167. The summed E-state index contributed by atoms with van der Waals surface area (Å²) in [5.41, 5.74) is 1.38. The Hall–Kier alpha value is -1.40. The van der Waals surface area contributed by atoms with E-state index in [9.17, 15) is 4.79 Å². The van der Waals surface area contributed by atoms with Gasteiger partial charge in [0.2, 0.25) is 0 Å². The third-order valence-corrected chi connectivity index (χ3v) is 4.26. The summed E-state index contributed by atoms with van der Waals surface area (Å²) >= 11 is 0. The summed E-state index contributed by atoms with van der Waals surface area (Å²) < 4.78 is 9.96. The molecule has 0 aliphatic rings. The number of benzene rings is 1. The van der Waals surface area contributed by atoms with Crippen LogP contribution in [0.5, 0.6) is 0 Å². The van der Waals surface area contributed by atoms with Gasteiger partial charge in [0, 0.05) is 15.7 Å². The van der Waals surface area contributed by atoms with E-state index in [1.165, 1.54) is 28.7 Å². The number of hydrogen-bond donors (Lipinski definition) is 0. The molecule has 0 saturated heterocycles. The van der Waals surface area contributed by atoms with Crippen LogP contribution in [0, 0.1) is 6.92 Å². The van der Waals surface area contributed by atoms with E-state index in [1.54, 1.807) is 18.4 Å². The second kappa shape index (κ2) is 5.97. The second-order valence-electron chi connectivity index (χ2n) is 3.41. The Morgan fingerprint density at radius 2 is 2.11 bits per heavy atom. The lowest BCUT2D eigenvalue weighted by atomic mass is 10.2. The zero-order valence-corrected chi connectivity index (χ0v) is 11.5. The van der Waals surface area contributed by atoms with Gasteiger partial charge in [0.25, 0.3) is 5.22 Å². The molecule has 1 aromatic heterocycles. The molecule has 94 valence electrons. The van der Waals surface area contributed by atoms with Gasteiger partial charge >= 0.3 is 5.97 Å². The van der Waals surface area contributed by atoms with E-state index in [-0.39, 0.29) is 5.97 Å². The molecule has 0 aliphatic carbocycles. The first-order valence-corrected chi connectivity index (χ1v) is 7.29. The van der Waals surface area contributed by atoms with Crippen LogP contribution >= 0.6 is 21.6 Å². The van der Waals surface area contributed by atoms with E-state index < -0.39 is 0 Å². The van der Waals surface area contributed by atoms with Gasteiger partial charge < -0.3 is 9.15 Å². The molecule has 0 N–H and O–H groups in total. The summed E-state index contributed by atoms with van der Waals surface area (Å²) in [6.45, 7) is 1.86. The van der Waals surface area contributed by atoms with Gasteiger partial charge in [-0.25, -0.2) is 9.78 Å². The first-order valence-electron chi connectivity index (χ1n) is 5.14. The maximum Gasteiger partial charge on any atom is 0.339 e. The van der Waals surface area contributed by atoms with Crippen molar-refractivity contribution in [2.75, 3.05) is 7.11 Å².